The fourth-order valence-electron chi connectivity index (χ4n) is 4.81. The molecule has 0 aliphatic carbocycles. The molecule has 0 radical (unpaired) electrons. The molecule has 0 aliphatic heterocycles. The second-order valence-electron chi connectivity index (χ2n) is 10.9. The van der Waals surface area contributed by atoms with Crippen molar-refractivity contribution in [3.63, 3.8) is 0 Å². The Morgan fingerprint density at radius 3 is 2.27 bits per heavy atom. The first kappa shape index (κ1) is 31.9. The van der Waals surface area contributed by atoms with Gasteiger partial charge in [0.1, 0.15) is 17.6 Å². The van der Waals surface area contributed by atoms with Crippen molar-refractivity contribution in [1.29, 1.82) is 0 Å². The third kappa shape index (κ3) is 9.01. The SMILES string of the molecule is CC(C)CC(=O)N(CCCOc1ccc(CC(Nc2ccccc2C(=O)c2ccccc2)C(=O)O)cc1)c1cccc(F)c1. The first-order valence-electron chi connectivity index (χ1n) is 14.7. The van der Waals surface area contributed by atoms with Crippen LogP contribution < -0.4 is 15.0 Å². The predicted molar refractivity (Wildman–Crippen MR) is 170 cm³/mol. The minimum atomic E-state index is -1.04. The van der Waals surface area contributed by atoms with Crippen molar-refractivity contribution in [2.45, 2.75) is 39.2 Å². The molecule has 0 saturated heterocycles. The number of halogens is 1. The zero-order valence-corrected chi connectivity index (χ0v) is 24.9. The Bertz CT molecular complexity index is 1560. The molecule has 7 nitrogen and oxygen atoms in total. The number of aliphatic carboxylic acids is 1. The van der Waals surface area contributed by atoms with Crippen LogP contribution in [0.2, 0.25) is 0 Å². The summed E-state index contributed by atoms with van der Waals surface area (Å²) in [6, 6.07) is 27.9. The number of amides is 1. The summed E-state index contributed by atoms with van der Waals surface area (Å²) in [5.41, 5.74) is 2.67. The average Bonchev–Trinajstić information content (AvgIpc) is 3.01. The number of benzene rings is 4. The van der Waals surface area contributed by atoms with Crippen LogP contribution in [0.15, 0.2) is 103 Å². The van der Waals surface area contributed by atoms with Gasteiger partial charge in [-0.25, -0.2) is 9.18 Å². The monoisotopic (exact) mass is 596 g/mol. The molecule has 1 atom stereocenters. The summed E-state index contributed by atoms with van der Waals surface area (Å²) in [7, 11) is 0. The highest BCUT2D eigenvalue weighted by Gasteiger charge is 2.22. The highest BCUT2D eigenvalue weighted by atomic mass is 19.1. The van der Waals surface area contributed by atoms with Crippen LogP contribution in [0.1, 0.15) is 48.2 Å². The zero-order chi connectivity index (χ0) is 31.5. The number of hydrogen-bond acceptors (Lipinski definition) is 5. The minimum Gasteiger partial charge on any atom is -0.494 e. The van der Waals surface area contributed by atoms with Crippen LogP contribution in [0.3, 0.4) is 0 Å². The second-order valence-corrected chi connectivity index (χ2v) is 10.9. The maximum Gasteiger partial charge on any atom is 0.326 e. The quantitative estimate of drug-likeness (QED) is 0.113. The topological polar surface area (TPSA) is 95.9 Å². The average molecular weight is 597 g/mol. The van der Waals surface area contributed by atoms with Gasteiger partial charge in [0.2, 0.25) is 5.91 Å². The predicted octanol–water partition coefficient (Wildman–Crippen LogP) is 7.01. The molecule has 1 unspecified atom stereocenters. The molecule has 8 heteroatoms. The van der Waals surface area contributed by atoms with E-state index in [1.165, 1.54) is 12.1 Å². The summed E-state index contributed by atoms with van der Waals surface area (Å²) < 4.78 is 19.7. The summed E-state index contributed by atoms with van der Waals surface area (Å²) in [6.45, 7) is 4.66. The smallest absolute Gasteiger partial charge is 0.326 e. The fourth-order valence-corrected chi connectivity index (χ4v) is 4.81. The van der Waals surface area contributed by atoms with Gasteiger partial charge in [-0.1, -0.05) is 74.5 Å². The van der Waals surface area contributed by atoms with Crippen LogP contribution in [0, 0.1) is 11.7 Å². The Balaban J connectivity index is 1.34. The van der Waals surface area contributed by atoms with Crippen LogP contribution >= 0.6 is 0 Å². The highest BCUT2D eigenvalue weighted by molar-refractivity contribution is 6.12. The summed E-state index contributed by atoms with van der Waals surface area (Å²) in [4.78, 5) is 39.7. The summed E-state index contributed by atoms with van der Waals surface area (Å²) in [6.07, 6.45) is 1.08. The van der Waals surface area contributed by atoms with Gasteiger partial charge in [-0.15, -0.1) is 0 Å². The van der Waals surface area contributed by atoms with Crippen molar-refractivity contribution in [3.05, 3.63) is 126 Å². The van der Waals surface area contributed by atoms with Crippen molar-refractivity contribution in [2.75, 3.05) is 23.4 Å². The number of hydrogen-bond donors (Lipinski definition) is 2. The van der Waals surface area contributed by atoms with E-state index in [2.05, 4.69) is 5.32 Å². The Kier molecular flexibility index (Phi) is 11.2. The van der Waals surface area contributed by atoms with Gasteiger partial charge in [0.05, 0.1) is 6.61 Å². The molecule has 228 valence electrons. The van der Waals surface area contributed by atoms with Crippen LogP contribution in [0.25, 0.3) is 0 Å². The fraction of sp³-hybridized carbons (Fsp3) is 0.250. The molecule has 2 N–H and O–H groups in total. The number of ether oxygens (including phenoxy) is 1. The van der Waals surface area contributed by atoms with Gasteiger partial charge in [-0.05, 0) is 60.4 Å². The molecule has 0 spiro atoms. The van der Waals surface area contributed by atoms with E-state index >= 15 is 0 Å². The summed E-state index contributed by atoms with van der Waals surface area (Å²) >= 11 is 0. The lowest BCUT2D eigenvalue weighted by molar-refractivity contribution is -0.137. The zero-order valence-electron chi connectivity index (χ0n) is 24.9. The van der Waals surface area contributed by atoms with Crippen molar-refractivity contribution in [1.82, 2.24) is 0 Å². The van der Waals surface area contributed by atoms with Crippen LogP contribution in [-0.4, -0.2) is 42.0 Å². The normalized spacial score (nSPS) is 11.5. The lowest BCUT2D eigenvalue weighted by atomic mass is 10.00. The van der Waals surface area contributed by atoms with Gasteiger partial charge in [-0.2, -0.15) is 0 Å². The van der Waals surface area contributed by atoms with E-state index in [9.17, 15) is 23.9 Å². The molecule has 0 heterocycles. The van der Waals surface area contributed by atoms with Crippen molar-refractivity contribution < 1.29 is 28.6 Å². The van der Waals surface area contributed by atoms with Gasteiger partial charge in [0, 0.05) is 41.9 Å². The number of anilines is 2. The number of rotatable bonds is 15. The number of carbonyl (C=O) groups excluding carboxylic acids is 2. The van der Waals surface area contributed by atoms with Gasteiger partial charge >= 0.3 is 5.97 Å². The first-order valence-corrected chi connectivity index (χ1v) is 14.7. The molecule has 0 saturated carbocycles. The summed E-state index contributed by atoms with van der Waals surface area (Å²) in [5, 5.41) is 13.0. The number of carbonyl (C=O) groups is 3. The number of ketones is 1. The summed E-state index contributed by atoms with van der Waals surface area (Å²) in [5.74, 6) is -0.909. The van der Waals surface area contributed by atoms with E-state index in [1.807, 2.05) is 19.9 Å². The van der Waals surface area contributed by atoms with E-state index in [4.69, 9.17) is 4.74 Å². The molecular formula is C36H37FN2O5. The second kappa shape index (κ2) is 15.5. The third-order valence-electron chi connectivity index (χ3n) is 7.00. The van der Waals surface area contributed by atoms with Gasteiger partial charge in [-0.3, -0.25) is 9.59 Å². The minimum absolute atomic E-state index is 0.0661. The molecule has 4 aromatic carbocycles. The molecule has 0 aliphatic rings. The first-order chi connectivity index (χ1) is 21.2. The number of nitrogens with zero attached hydrogens (tertiary/aromatic N) is 1. The van der Waals surface area contributed by atoms with E-state index in [1.54, 1.807) is 89.8 Å². The maximum absolute atomic E-state index is 13.8. The van der Waals surface area contributed by atoms with E-state index in [-0.39, 0.29) is 24.0 Å². The number of para-hydroxylation sites is 1. The van der Waals surface area contributed by atoms with E-state index in [0.717, 1.165) is 5.56 Å². The lowest BCUT2D eigenvalue weighted by Crippen LogP contribution is -2.33. The van der Waals surface area contributed by atoms with E-state index < -0.39 is 17.8 Å². The Morgan fingerprint density at radius 1 is 0.886 bits per heavy atom. The van der Waals surface area contributed by atoms with Crippen molar-refractivity contribution in [2.24, 2.45) is 5.92 Å². The maximum atomic E-state index is 13.8. The molecule has 44 heavy (non-hydrogen) atoms. The molecular weight excluding hydrogens is 559 g/mol. The standard InChI is InChI=1S/C36H37FN2O5/c1-25(2)22-34(40)39(29-13-8-12-28(37)24-29)20-9-21-44-30-18-16-26(17-19-30)23-33(36(42)43)38-32-15-7-6-14-31(32)35(41)27-10-4-3-5-11-27/h3-8,10-19,24-25,33,38H,9,20-23H2,1-2H3,(H,42,43). The van der Waals surface area contributed by atoms with Crippen molar-refractivity contribution in [3.8, 4) is 5.75 Å². The Morgan fingerprint density at radius 2 is 1.59 bits per heavy atom. The van der Waals surface area contributed by atoms with Gasteiger partial charge < -0.3 is 20.1 Å². The number of carboxylic acids is 1. The molecule has 0 bridgehead atoms. The number of carboxylic acid groups (broad SMARTS) is 1. The number of nitrogens with one attached hydrogen (secondary N) is 1. The molecule has 4 rings (SSSR count). The van der Waals surface area contributed by atoms with Crippen LogP contribution in [0.5, 0.6) is 5.75 Å². The van der Waals surface area contributed by atoms with Gasteiger partial charge in [0.25, 0.3) is 0 Å². The molecule has 0 aromatic heterocycles. The molecule has 0 fully saturated rings. The Labute approximate surface area is 257 Å². The highest BCUT2D eigenvalue weighted by Crippen LogP contribution is 2.23. The van der Waals surface area contributed by atoms with Crippen LogP contribution in [0.4, 0.5) is 15.8 Å². The van der Waals surface area contributed by atoms with E-state index in [0.29, 0.717) is 54.2 Å². The molecule has 1 amide bonds. The van der Waals surface area contributed by atoms with Gasteiger partial charge in [0.15, 0.2) is 5.78 Å². The lowest BCUT2D eigenvalue weighted by Gasteiger charge is -2.24. The largest absolute Gasteiger partial charge is 0.494 e. The van der Waals surface area contributed by atoms with Crippen molar-refractivity contribution >= 4 is 29.0 Å². The molecule has 4 aromatic rings. The van der Waals surface area contributed by atoms with Crippen LogP contribution in [-0.2, 0) is 16.0 Å². The Hall–Kier alpha value is -4.98. The third-order valence-corrected chi connectivity index (χ3v) is 7.00.